The second-order valence-electron chi connectivity index (χ2n) is 6.13. The van der Waals surface area contributed by atoms with Crippen LogP contribution in [0, 0.1) is 6.92 Å². The van der Waals surface area contributed by atoms with E-state index in [9.17, 15) is 18.3 Å². The minimum absolute atomic E-state index is 0.290. The lowest BCUT2D eigenvalue weighted by Crippen LogP contribution is -2.51. The molecule has 0 aliphatic carbocycles. The van der Waals surface area contributed by atoms with Crippen molar-refractivity contribution < 1.29 is 23.1 Å². The van der Waals surface area contributed by atoms with Gasteiger partial charge in [-0.3, -0.25) is 9.10 Å². The highest BCUT2D eigenvalue weighted by Gasteiger charge is 2.47. The van der Waals surface area contributed by atoms with Gasteiger partial charge in [-0.2, -0.15) is 0 Å². The number of ether oxygens (including phenoxy) is 1. The van der Waals surface area contributed by atoms with Crippen LogP contribution in [-0.4, -0.2) is 54.7 Å². The minimum Gasteiger partial charge on any atom is -0.495 e. The number of sulfonamides is 1. The third-order valence-electron chi connectivity index (χ3n) is 4.54. The normalized spacial score (nSPS) is 22.0. The molecule has 1 saturated heterocycles. The average molecular weight is 367 g/mol. The number of carbonyl (C=O) groups is 1. The molecule has 2 aliphatic rings. The Bertz CT molecular complexity index is 849. The Labute approximate surface area is 146 Å². The number of aliphatic hydroxyl groups excluding tert-OH is 1. The fourth-order valence-electron chi connectivity index (χ4n) is 3.22. The van der Waals surface area contributed by atoms with Crippen molar-refractivity contribution in [2.45, 2.75) is 25.1 Å². The molecule has 0 saturated carbocycles. The molecule has 8 nitrogen and oxygen atoms in total. The first-order valence-electron chi connectivity index (χ1n) is 7.91. The van der Waals surface area contributed by atoms with Crippen LogP contribution in [0.4, 0.5) is 5.69 Å². The summed E-state index contributed by atoms with van der Waals surface area (Å²) in [6.07, 6.45) is 1.07. The number of carbonyl (C=O) groups excluding carboxylic acids is 1. The van der Waals surface area contributed by atoms with Gasteiger partial charge in [-0.25, -0.2) is 8.42 Å². The van der Waals surface area contributed by atoms with Crippen molar-refractivity contribution in [2.24, 2.45) is 0 Å². The lowest BCUT2D eigenvalue weighted by atomic mass is 10.2. The van der Waals surface area contributed by atoms with Gasteiger partial charge >= 0.3 is 0 Å². The summed E-state index contributed by atoms with van der Waals surface area (Å²) in [5, 5.41) is 12.3. The van der Waals surface area contributed by atoms with Gasteiger partial charge in [0.2, 0.25) is 5.88 Å². The number of fused-ring (bicyclic) bond motifs is 1. The SMILES string of the molecule is COc1ccc(C)cc1NC(=O)C1=C(O)N2CCCC2S(=O)(=O)N1C. The Morgan fingerprint density at radius 2 is 2.12 bits per heavy atom. The van der Waals surface area contributed by atoms with Crippen LogP contribution in [-0.2, 0) is 14.8 Å². The number of nitrogens with one attached hydrogen (secondary N) is 1. The van der Waals surface area contributed by atoms with Gasteiger partial charge in [-0.05, 0) is 37.5 Å². The first kappa shape index (κ1) is 17.4. The molecule has 1 aromatic rings. The molecule has 2 N–H and O–H groups in total. The smallest absolute Gasteiger partial charge is 0.278 e. The van der Waals surface area contributed by atoms with E-state index in [1.807, 2.05) is 13.0 Å². The van der Waals surface area contributed by atoms with Gasteiger partial charge in [0.1, 0.15) is 5.75 Å². The van der Waals surface area contributed by atoms with Crippen LogP contribution in [0.3, 0.4) is 0 Å². The number of aryl methyl sites for hydroxylation is 1. The van der Waals surface area contributed by atoms with E-state index in [2.05, 4.69) is 5.32 Å². The number of likely N-dealkylation sites (N-methyl/N-ethyl adjacent to an activating group) is 1. The third-order valence-corrected chi connectivity index (χ3v) is 6.66. The average Bonchev–Trinajstić information content (AvgIpc) is 3.05. The molecule has 1 amide bonds. The lowest BCUT2D eigenvalue weighted by molar-refractivity contribution is -0.114. The first-order chi connectivity index (χ1) is 11.8. The zero-order valence-corrected chi connectivity index (χ0v) is 15.1. The molecular weight excluding hydrogens is 346 g/mol. The first-order valence-corrected chi connectivity index (χ1v) is 9.41. The largest absolute Gasteiger partial charge is 0.495 e. The Balaban J connectivity index is 1.99. The van der Waals surface area contributed by atoms with Crippen molar-refractivity contribution in [3.63, 3.8) is 0 Å². The molecule has 1 aromatic carbocycles. The number of amides is 1. The lowest BCUT2D eigenvalue weighted by Gasteiger charge is -2.37. The molecule has 3 rings (SSSR count). The van der Waals surface area contributed by atoms with E-state index in [1.54, 1.807) is 12.1 Å². The van der Waals surface area contributed by atoms with E-state index in [1.165, 1.54) is 19.1 Å². The van der Waals surface area contributed by atoms with E-state index >= 15 is 0 Å². The number of aliphatic hydroxyl groups is 1. The quantitative estimate of drug-likeness (QED) is 0.837. The van der Waals surface area contributed by atoms with Gasteiger partial charge in [0.25, 0.3) is 15.9 Å². The summed E-state index contributed by atoms with van der Waals surface area (Å²) in [5.41, 5.74) is 1.02. The predicted octanol–water partition coefficient (Wildman–Crippen LogP) is 1.37. The highest BCUT2D eigenvalue weighted by atomic mass is 32.2. The number of benzene rings is 1. The summed E-state index contributed by atoms with van der Waals surface area (Å²) in [7, 11) is -0.976. The summed E-state index contributed by atoms with van der Waals surface area (Å²) >= 11 is 0. The van der Waals surface area contributed by atoms with Gasteiger partial charge < -0.3 is 20.1 Å². The summed E-state index contributed by atoms with van der Waals surface area (Å²) in [6, 6.07) is 5.25. The molecule has 136 valence electrons. The number of rotatable bonds is 3. The van der Waals surface area contributed by atoms with E-state index in [0.717, 1.165) is 9.87 Å². The molecule has 1 fully saturated rings. The summed E-state index contributed by atoms with van der Waals surface area (Å²) in [4.78, 5) is 14.1. The van der Waals surface area contributed by atoms with Gasteiger partial charge in [0.05, 0.1) is 12.8 Å². The van der Waals surface area contributed by atoms with Crippen molar-refractivity contribution in [2.75, 3.05) is 26.0 Å². The fraction of sp³-hybridized carbons (Fsp3) is 0.438. The summed E-state index contributed by atoms with van der Waals surface area (Å²) < 4.78 is 31.3. The molecule has 0 bridgehead atoms. The number of nitrogens with zero attached hydrogens (tertiary/aromatic N) is 2. The van der Waals surface area contributed by atoms with Crippen molar-refractivity contribution >= 4 is 21.6 Å². The molecule has 0 spiro atoms. The maximum Gasteiger partial charge on any atom is 0.278 e. The van der Waals surface area contributed by atoms with Crippen LogP contribution in [0.5, 0.6) is 5.75 Å². The minimum atomic E-state index is -3.73. The topological polar surface area (TPSA) is 99.2 Å². The summed E-state index contributed by atoms with van der Waals surface area (Å²) in [5.74, 6) is -0.582. The Morgan fingerprint density at radius 1 is 1.40 bits per heavy atom. The van der Waals surface area contributed by atoms with Crippen LogP contribution in [0.2, 0.25) is 0 Å². The number of anilines is 1. The maximum absolute atomic E-state index is 12.7. The molecule has 0 radical (unpaired) electrons. The highest BCUT2D eigenvalue weighted by molar-refractivity contribution is 7.89. The Hall–Kier alpha value is -2.42. The molecule has 2 heterocycles. The van der Waals surface area contributed by atoms with Crippen LogP contribution in [0.25, 0.3) is 0 Å². The molecule has 9 heteroatoms. The van der Waals surface area contributed by atoms with Crippen molar-refractivity contribution in [1.29, 1.82) is 0 Å². The number of hydrogen-bond donors (Lipinski definition) is 2. The van der Waals surface area contributed by atoms with Crippen molar-refractivity contribution in [1.82, 2.24) is 9.21 Å². The van der Waals surface area contributed by atoms with Gasteiger partial charge in [0.15, 0.2) is 11.1 Å². The zero-order valence-electron chi connectivity index (χ0n) is 14.3. The fourth-order valence-corrected chi connectivity index (χ4v) is 5.00. The molecule has 0 aromatic heterocycles. The third kappa shape index (κ3) is 2.78. The van der Waals surface area contributed by atoms with E-state index in [0.29, 0.717) is 30.8 Å². The molecule has 2 aliphatic heterocycles. The predicted molar refractivity (Wildman–Crippen MR) is 92.4 cm³/mol. The van der Waals surface area contributed by atoms with E-state index in [4.69, 9.17) is 4.74 Å². The highest BCUT2D eigenvalue weighted by Crippen LogP contribution is 2.35. The van der Waals surface area contributed by atoms with Crippen LogP contribution in [0.15, 0.2) is 29.8 Å². The molecule has 1 atom stereocenters. The summed E-state index contributed by atoms with van der Waals surface area (Å²) in [6.45, 7) is 2.26. The van der Waals surface area contributed by atoms with Crippen LogP contribution in [0.1, 0.15) is 18.4 Å². The number of methoxy groups -OCH3 is 1. The molecule has 1 unspecified atom stereocenters. The van der Waals surface area contributed by atoms with Gasteiger partial charge in [-0.15, -0.1) is 0 Å². The molecular formula is C16H21N3O5S. The van der Waals surface area contributed by atoms with Gasteiger partial charge in [0, 0.05) is 13.6 Å². The van der Waals surface area contributed by atoms with Crippen LogP contribution < -0.4 is 10.1 Å². The van der Waals surface area contributed by atoms with Crippen molar-refractivity contribution in [3.8, 4) is 5.75 Å². The van der Waals surface area contributed by atoms with E-state index < -0.39 is 21.3 Å². The number of hydrogen-bond acceptors (Lipinski definition) is 6. The van der Waals surface area contributed by atoms with E-state index in [-0.39, 0.29) is 11.6 Å². The van der Waals surface area contributed by atoms with Crippen LogP contribution >= 0.6 is 0 Å². The monoisotopic (exact) mass is 367 g/mol. The van der Waals surface area contributed by atoms with Crippen molar-refractivity contribution in [3.05, 3.63) is 35.3 Å². The molecule has 25 heavy (non-hydrogen) atoms. The Kier molecular flexibility index (Phi) is 4.28. The zero-order chi connectivity index (χ0) is 18.4. The maximum atomic E-state index is 12.7. The second-order valence-corrected chi connectivity index (χ2v) is 8.25. The standard InChI is InChI=1S/C16H21N3O5S/c1-10-6-7-12(24-3)11(9-10)17-15(20)14-16(21)19-8-4-5-13(19)25(22,23)18(14)2/h6-7,9,13,21H,4-5,8H2,1-3H3,(H,17,20). The second kappa shape index (κ2) is 6.14. The Morgan fingerprint density at radius 3 is 2.80 bits per heavy atom. The van der Waals surface area contributed by atoms with Gasteiger partial charge in [-0.1, -0.05) is 6.07 Å².